The molecule has 0 fully saturated rings. The molecule has 1 aliphatic heterocycles. The quantitative estimate of drug-likeness (QED) is 0.709. The van der Waals surface area contributed by atoms with Crippen LogP contribution >= 0.6 is 0 Å². The van der Waals surface area contributed by atoms with Gasteiger partial charge in [0.05, 0.1) is 11.9 Å². The Balaban J connectivity index is 2.35. The third-order valence-corrected chi connectivity index (χ3v) is 5.37. The van der Waals surface area contributed by atoms with E-state index in [0.717, 1.165) is 18.5 Å². The maximum atomic E-state index is 12.1. The van der Waals surface area contributed by atoms with E-state index in [-0.39, 0.29) is 5.16 Å². The minimum absolute atomic E-state index is 0.173. The number of hydrogen-bond acceptors (Lipinski definition) is 4. The second kappa shape index (κ2) is 7.66. The fraction of sp³-hybridized carbons (Fsp3) is 0.611. The number of hydrogen-bond donors (Lipinski definition) is 0. The summed E-state index contributed by atoms with van der Waals surface area (Å²) in [6.07, 6.45) is 11.2. The fourth-order valence-corrected chi connectivity index (χ4v) is 4.11. The van der Waals surface area contributed by atoms with Crippen molar-refractivity contribution in [3.05, 3.63) is 36.7 Å². The lowest BCUT2D eigenvalue weighted by atomic mass is 10.00. The van der Waals surface area contributed by atoms with E-state index in [4.69, 9.17) is 0 Å². The van der Waals surface area contributed by atoms with E-state index in [9.17, 15) is 8.42 Å². The van der Waals surface area contributed by atoms with Gasteiger partial charge in [-0.3, -0.25) is 4.90 Å². The van der Waals surface area contributed by atoms with E-state index >= 15 is 0 Å². The average Bonchev–Trinajstić information content (AvgIpc) is 2.85. The van der Waals surface area contributed by atoms with E-state index < -0.39 is 9.84 Å². The molecule has 0 spiro atoms. The average molecular weight is 352 g/mol. The highest BCUT2D eigenvalue weighted by Gasteiger charge is 2.27. The molecule has 24 heavy (non-hydrogen) atoms. The number of aromatic nitrogens is 2. The summed E-state index contributed by atoms with van der Waals surface area (Å²) in [6.45, 7) is 11.6. The Morgan fingerprint density at radius 2 is 2.17 bits per heavy atom. The van der Waals surface area contributed by atoms with Crippen molar-refractivity contribution in [1.29, 1.82) is 0 Å². The summed E-state index contributed by atoms with van der Waals surface area (Å²) in [5.74, 6) is 0.348. The lowest BCUT2D eigenvalue weighted by molar-refractivity contribution is 0.146. The van der Waals surface area contributed by atoms with Crippen LogP contribution in [-0.4, -0.2) is 41.2 Å². The van der Waals surface area contributed by atoms with Gasteiger partial charge in [-0.1, -0.05) is 32.1 Å². The molecule has 0 aliphatic carbocycles. The molecule has 1 aromatic rings. The Labute approximate surface area is 146 Å². The van der Waals surface area contributed by atoms with Crippen LogP contribution in [-0.2, 0) is 22.9 Å². The van der Waals surface area contributed by atoms with Gasteiger partial charge in [0.25, 0.3) is 0 Å². The largest absolute Gasteiger partial charge is 0.317 e. The van der Waals surface area contributed by atoms with Crippen LogP contribution in [0.5, 0.6) is 0 Å². The number of nitrogens with zero attached hydrogens (tertiary/aromatic N) is 3. The van der Waals surface area contributed by atoms with Gasteiger partial charge in [-0.15, -0.1) is 6.58 Å². The Morgan fingerprint density at radius 3 is 2.75 bits per heavy atom. The van der Waals surface area contributed by atoms with Gasteiger partial charge in [0.15, 0.2) is 0 Å². The zero-order chi connectivity index (χ0) is 17.9. The van der Waals surface area contributed by atoms with Gasteiger partial charge in [-0.2, -0.15) is 0 Å². The highest BCUT2D eigenvalue weighted by atomic mass is 32.2. The Hall–Kier alpha value is -1.40. The third-order valence-electron chi connectivity index (χ3n) is 4.38. The second-order valence-electron chi connectivity index (χ2n) is 7.06. The molecule has 2 rings (SSSR count). The predicted molar refractivity (Wildman–Crippen MR) is 97.5 cm³/mol. The molecule has 0 saturated carbocycles. The molecule has 1 aromatic heterocycles. The zero-order valence-electron chi connectivity index (χ0n) is 15.1. The minimum atomic E-state index is -3.33. The molecule has 0 amide bonds. The summed E-state index contributed by atoms with van der Waals surface area (Å²) in [5.41, 5.74) is 0.959. The summed E-state index contributed by atoms with van der Waals surface area (Å²) in [7, 11) is -3.33. The van der Waals surface area contributed by atoms with Crippen molar-refractivity contribution < 1.29 is 8.42 Å². The van der Waals surface area contributed by atoms with Crippen LogP contribution < -0.4 is 0 Å². The normalized spacial score (nSPS) is 22.2. The van der Waals surface area contributed by atoms with E-state index in [1.54, 1.807) is 6.20 Å². The Bertz CT molecular complexity index is 704. The van der Waals surface area contributed by atoms with E-state index in [1.165, 1.54) is 6.26 Å². The SMILES string of the molecule is C=CC[C@@H]1CC=C[C@@H](C)N1Cc1cnc(S(C)(=O)=O)n1CC(C)C. The lowest BCUT2D eigenvalue weighted by Gasteiger charge is -2.37. The van der Waals surface area contributed by atoms with Gasteiger partial charge in [-0.25, -0.2) is 13.4 Å². The molecule has 134 valence electrons. The van der Waals surface area contributed by atoms with Gasteiger partial charge in [0.1, 0.15) is 0 Å². The first-order valence-corrected chi connectivity index (χ1v) is 10.4. The Kier molecular flexibility index (Phi) is 6.04. The molecule has 2 atom stereocenters. The van der Waals surface area contributed by atoms with Crippen molar-refractivity contribution in [2.45, 2.75) is 63.9 Å². The zero-order valence-corrected chi connectivity index (χ0v) is 16.0. The molecule has 0 saturated heterocycles. The molecule has 2 heterocycles. The first-order valence-electron chi connectivity index (χ1n) is 8.51. The maximum Gasteiger partial charge on any atom is 0.227 e. The second-order valence-corrected chi connectivity index (χ2v) is 8.97. The fourth-order valence-electron chi connectivity index (χ4n) is 3.27. The monoisotopic (exact) mass is 351 g/mol. The van der Waals surface area contributed by atoms with Crippen molar-refractivity contribution in [1.82, 2.24) is 14.5 Å². The number of sulfone groups is 1. The van der Waals surface area contributed by atoms with Crippen molar-refractivity contribution in [2.75, 3.05) is 6.26 Å². The Morgan fingerprint density at radius 1 is 1.46 bits per heavy atom. The van der Waals surface area contributed by atoms with Crippen molar-refractivity contribution in [3.8, 4) is 0 Å². The van der Waals surface area contributed by atoms with Crippen LogP contribution in [0.25, 0.3) is 0 Å². The van der Waals surface area contributed by atoms with Crippen molar-refractivity contribution in [2.24, 2.45) is 5.92 Å². The molecular weight excluding hydrogens is 322 g/mol. The van der Waals surface area contributed by atoms with Crippen LogP contribution in [0.3, 0.4) is 0 Å². The van der Waals surface area contributed by atoms with Crippen LogP contribution in [0.1, 0.15) is 39.3 Å². The molecule has 5 nitrogen and oxygen atoms in total. The number of imidazole rings is 1. The molecule has 0 N–H and O–H groups in total. The lowest BCUT2D eigenvalue weighted by Crippen LogP contribution is -2.42. The van der Waals surface area contributed by atoms with Crippen LogP contribution in [0.2, 0.25) is 0 Å². The van der Waals surface area contributed by atoms with Gasteiger partial charge in [0, 0.05) is 31.4 Å². The first-order chi connectivity index (χ1) is 11.2. The van der Waals surface area contributed by atoms with Gasteiger partial charge in [0.2, 0.25) is 15.0 Å². The highest BCUT2D eigenvalue weighted by molar-refractivity contribution is 7.90. The van der Waals surface area contributed by atoms with Crippen molar-refractivity contribution in [3.63, 3.8) is 0 Å². The summed E-state index contributed by atoms with van der Waals surface area (Å²) < 4.78 is 26.0. The number of rotatable bonds is 7. The van der Waals surface area contributed by atoms with Crippen LogP contribution in [0.4, 0.5) is 0 Å². The van der Waals surface area contributed by atoms with Gasteiger partial charge >= 0.3 is 0 Å². The molecule has 0 radical (unpaired) electrons. The minimum Gasteiger partial charge on any atom is -0.317 e. The van der Waals surface area contributed by atoms with Gasteiger partial charge in [-0.05, 0) is 25.7 Å². The predicted octanol–water partition coefficient (Wildman–Crippen LogP) is 3.04. The highest BCUT2D eigenvalue weighted by Crippen LogP contribution is 2.24. The summed E-state index contributed by atoms with van der Waals surface area (Å²) >= 11 is 0. The molecule has 1 aliphatic rings. The van der Waals surface area contributed by atoms with Gasteiger partial charge < -0.3 is 4.57 Å². The molecule has 0 unspecified atom stereocenters. The topological polar surface area (TPSA) is 55.2 Å². The molecule has 6 heteroatoms. The third kappa shape index (κ3) is 4.36. The van der Waals surface area contributed by atoms with E-state index in [1.807, 2.05) is 10.6 Å². The van der Waals surface area contributed by atoms with E-state index in [0.29, 0.717) is 31.1 Å². The first kappa shape index (κ1) is 18.9. The summed E-state index contributed by atoms with van der Waals surface area (Å²) in [6, 6.07) is 0.708. The standard InChI is InChI=1S/C18H29N3O2S/c1-6-8-16-10-7-9-15(4)20(16)13-17-11-19-18(24(5,22)23)21(17)12-14(2)3/h6-7,9,11,14-16H,1,8,10,12-13H2,2-5H3/t15-,16-/m1/s1. The molecule has 0 aromatic carbocycles. The molecular formula is C18H29N3O2S. The summed E-state index contributed by atoms with van der Waals surface area (Å²) in [5, 5.41) is 0.173. The smallest absolute Gasteiger partial charge is 0.227 e. The molecule has 0 bridgehead atoms. The van der Waals surface area contributed by atoms with Crippen molar-refractivity contribution >= 4 is 9.84 Å². The maximum absolute atomic E-state index is 12.1. The van der Waals surface area contributed by atoms with Crippen LogP contribution in [0, 0.1) is 5.92 Å². The van der Waals surface area contributed by atoms with Crippen LogP contribution in [0.15, 0.2) is 36.2 Å². The summed E-state index contributed by atoms with van der Waals surface area (Å²) in [4.78, 5) is 6.62. The van der Waals surface area contributed by atoms with E-state index in [2.05, 4.69) is 49.4 Å².